The number of methoxy groups -OCH3 is 1. The minimum absolute atomic E-state index is 0.0276. The summed E-state index contributed by atoms with van der Waals surface area (Å²) >= 11 is 0. The number of likely N-dealkylation sites (N-methyl/N-ethyl adjacent to an activating group) is 1. The van der Waals surface area contributed by atoms with Crippen molar-refractivity contribution < 1.29 is 19.1 Å². The number of carbonyl (C=O) groups excluding carboxylic acids is 2. The molecule has 0 saturated heterocycles. The Balaban J connectivity index is 1.93. The number of hydrogen-bond donors (Lipinski definition) is 1. The topological polar surface area (TPSA) is 67.9 Å². The average Bonchev–Trinajstić information content (AvgIpc) is 2.71. The van der Waals surface area contributed by atoms with Crippen LogP contribution < -0.4 is 14.8 Å². The Morgan fingerprint density at radius 1 is 1.07 bits per heavy atom. The Morgan fingerprint density at radius 3 is 2.46 bits per heavy atom. The van der Waals surface area contributed by atoms with E-state index in [1.165, 1.54) is 11.0 Å². The molecule has 0 unspecified atom stereocenters. The van der Waals surface area contributed by atoms with E-state index in [0.717, 1.165) is 11.3 Å². The fourth-order valence-corrected chi connectivity index (χ4v) is 2.54. The standard InChI is InChI=1S/C22H26N2O4/c1-4-24(16-21(25)23-18-7-6-8-20(15-18)27-3)22(26)14-11-17-9-12-19(13-10-17)28-5-2/h6-15H,4-5,16H2,1-3H3,(H,23,25)/b14-11+. The highest BCUT2D eigenvalue weighted by Gasteiger charge is 2.13. The predicted molar refractivity (Wildman–Crippen MR) is 111 cm³/mol. The molecule has 0 spiro atoms. The van der Waals surface area contributed by atoms with E-state index >= 15 is 0 Å². The second-order valence-electron chi connectivity index (χ2n) is 5.97. The zero-order chi connectivity index (χ0) is 20.4. The fraction of sp³-hybridized carbons (Fsp3) is 0.273. The summed E-state index contributed by atoms with van der Waals surface area (Å²) in [6, 6.07) is 14.5. The molecule has 0 saturated carbocycles. The van der Waals surface area contributed by atoms with Gasteiger partial charge in [-0.2, -0.15) is 0 Å². The molecule has 0 fully saturated rings. The van der Waals surface area contributed by atoms with Crippen molar-refractivity contribution in [1.29, 1.82) is 0 Å². The summed E-state index contributed by atoms with van der Waals surface area (Å²) < 4.78 is 10.5. The van der Waals surface area contributed by atoms with E-state index in [4.69, 9.17) is 9.47 Å². The third kappa shape index (κ3) is 6.46. The average molecular weight is 382 g/mol. The molecular formula is C22H26N2O4. The zero-order valence-corrected chi connectivity index (χ0v) is 16.5. The van der Waals surface area contributed by atoms with Gasteiger partial charge in [0, 0.05) is 24.4 Å². The monoisotopic (exact) mass is 382 g/mol. The van der Waals surface area contributed by atoms with E-state index in [2.05, 4.69) is 5.32 Å². The third-order valence-corrected chi connectivity index (χ3v) is 3.99. The predicted octanol–water partition coefficient (Wildman–Crippen LogP) is 3.59. The number of carbonyl (C=O) groups is 2. The molecule has 0 aliphatic heterocycles. The molecule has 0 radical (unpaired) electrons. The van der Waals surface area contributed by atoms with E-state index in [0.29, 0.717) is 24.6 Å². The van der Waals surface area contributed by atoms with Gasteiger partial charge in [-0.15, -0.1) is 0 Å². The van der Waals surface area contributed by atoms with Crippen LogP contribution in [0.1, 0.15) is 19.4 Å². The van der Waals surface area contributed by atoms with E-state index in [1.807, 2.05) is 38.1 Å². The van der Waals surface area contributed by atoms with Gasteiger partial charge in [-0.05, 0) is 49.8 Å². The maximum atomic E-state index is 12.4. The van der Waals surface area contributed by atoms with Crippen molar-refractivity contribution in [2.45, 2.75) is 13.8 Å². The largest absolute Gasteiger partial charge is 0.497 e. The highest BCUT2D eigenvalue weighted by Crippen LogP contribution is 2.17. The van der Waals surface area contributed by atoms with Gasteiger partial charge in [0.15, 0.2) is 0 Å². The smallest absolute Gasteiger partial charge is 0.247 e. The highest BCUT2D eigenvalue weighted by molar-refractivity contribution is 5.98. The molecule has 0 aliphatic carbocycles. The summed E-state index contributed by atoms with van der Waals surface area (Å²) in [5, 5.41) is 2.78. The van der Waals surface area contributed by atoms with E-state index < -0.39 is 0 Å². The molecule has 2 rings (SSSR count). The first-order valence-corrected chi connectivity index (χ1v) is 9.19. The summed E-state index contributed by atoms with van der Waals surface area (Å²) in [7, 11) is 1.56. The zero-order valence-electron chi connectivity index (χ0n) is 16.5. The summed E-state index contributed by atoms with van der Waals surface area (Å²) in [5.74, 6) is 0.949. The number of nitrogens with zero attached hydrogens (tertiary/aromatic N) is 1. The van der Waals surface area contributed by atoms with Crippen LogP contribution in [-0.4, -0.2) is 43.5 Å². The van der Waals surface area contributed by atoms with Crippen molar-refractivity contribution in [1.82, 2.24) is 4.90 Å². The minimum Gasteiger partial charge on any atom is -0.497 e. The lowest BCUT2D eigenvalue weighted by Crippen LogP contribution is -2.36. The van der Waals surface area contributed by atoms with Crippen molar-refractivity contribution in [3.8, 4) is 11.5 Å². The fourth-order valence-electron chi connectivity index (χ4n) is 2.54. The van der Waals surface area contributed by atoms with E-state index in [1.54, 1.807) is 37.5 Å². The van der Waals surface area contributed by atoms with Gasteiger partial charge in [-0.3, -0.25) is 9.59 Å². The second kappa shape index (κ2) is 10.8. The number of benzene rings is 2. The Kier molecular flexibility index (Phi) is 8.09. The van der Waals surface area contributed by atoms with Gasteiger partial charge in [-0.25, -0.2) is 0 Å². The van der Waals surface area contributed by atoms with Crippen molar-refractivity contribution in [3.05, 3.63) is 60.2 Å². The molecule has 0 atom stereocenters. The Morgan fingerprint density at radius 2 is 1.82 bits per heavy atom. The Hall–Kier alpha value is -3.28. The lowest BCUT2D eigenvalue weighted by Gasteiger charge is -2.18. The Bertz CT molecular complexity index is 816. The van der Waals surface area contributed by atoms with Crippen LogP contribution >= 0.6 is 0 Å². The van der Waals surface area contributed by atoms with Crippen LogP contribution in [0.2, 0.25) is 0 Å². The van der Waals surface area contributed by atoms with Gasteiger partial charge in [0.1, 0.15) is 18.0 Å². The number of ether oxygens (including phenoxy) is 2. The number of anilines is 1. The van der Waals surface area contributed by atoms with Crippen LogP contribution in [0.4, 0.5) is 5.69 Å². The summed E-state index contributed by atoms with van der Waals surface area (Å²) in [6.45, 7) is 4.77. The molecule has 28 heavy (non-hydrogen) atoms. The van der Waals surface area contributed by atoms with E-state index in [9.17, 15) is 9.59 Å². The van der Waals surface area contributed by atoms with Crippen LogP contribution in [0.15, 0.2) is 54.6 Å². The molecule has 2 amide bonds. The molecule has 1 N–H and O–H groups in total. The SMILES string of the molecule is CCOc1ccc(/C=C/C(=O)N(CC)CC(=O)Nc2cccc(OC)c2)cc1. The van der Waals surface area contributed by atoms with Crippen LogP contribution in [0, 0.1) is 0 Å². The molecule has 2 aromatic rings. The van der Waals surface area contributed by atoms with Gasteiger partial charge in [-0.1, -0.05) is 18.2 Å². The highest BCUT2D eigenvalue weighted by atomic mass is 16.5. The van der Waals surface area contributed by atoms with Gasteiger partial charge >= 0.3 is 0 Å². The van der Waals surface area contributed by atoms with Gasteiger partial charge < -0.3 is 19.7 Å². The lowest BCUT2D eigenvalue weighted by atomic mass is 10.2. The molecule has 0 heterocycles. The van der Waals surface area contributed by atoms with Crippen LogP contribution in [0.5, 0.6) is 11.5 Å². The van der Waals surface area contributed by atoms with E-state index in [-0.39, 0.29) is 18.4 Å². The quantitative estimate of drug-likeness (QED) is 0.673. The molecule has 6 nitrogen and oxygen atoms in total. The van der Waals surface area contributed by atoms with Gasteiger partial charge in [0.25, 0.3) is 0 Å². The van der Waals surface area contributed by atoms with Crippen LogP contribution in [0.3, 0.4) is 0 Å². The second-order valence-corrected chi connectivity index (χ2v) is 5.97. The number of hydrogen-bond acceptors (Lipinski definition) is 4. The first-order chi connectivity index (χ1) is 13.5. The lowest BCUT2D eigenvalue weighted by molar-refractivity contribution is -0.130. The number of amides is 2. The number of nitrogens with one attached hydrogen (secondary N) is 1. The summed E-state index contributed by atoms with van der Waals surface area (Å²) in [5.41, 5.74) is 1.51. The Labute approximate surface area is 165 Å². The molecule has 0 aromatic heterocycles. The van der Waals surface area contributed by atoms with Gasteiger partial charge in [0.2, 0.25) is 11.8 Å². The molecule has 148 valence electrons. The maximum Gasteiger partial charge on any atom is 0.247 e. The summed E-state index contributed by atoms with van der Waals surface area (Å²) in [4.78, 5) is 26.2. The van der Waals surface area contributed by atoms with Crippen molar-refractivity contribution in [2.75, 3.05) is 32.1 Å². The minimum atomic E-state index is -0.266. The van der Waals surface area contributed by atoms with Crippen LogP contribution in [-0.2, 0) is 9.59 Å². The molecule has 2 aromatic carbocycles. The molecule has 0 bridgehead atoms. The number of rotatable bonds is 9. The summed E-state index contributed by atoms with van der Waals surface area (Å²) in [6.07, 6.45) is 3.19. The first kappa shape index (κ1) is 21.0. The molecule has 6 heteroatoms. The first-order valence-electron chi connectivity index (χ1n) is 9.19. The van der Waals surface area contributed by atoms with Crippen LogP contribution in [0.25, 0.3) is 6.08 Å². The van der Waals surface area contributed by atoms with Crippen molar-refractivity contribution in [3.63, 3.8) is 0 Å². The van der Waals surface area contributed by atoms with Gasteiger partial charge in [0.05, 0.1) is 13.7 Å². The normalized spacial score (nSPS) is 10.5. The van der Waals surface area contributed by atoms with Crippen molar-refractivity contribution >= 4 is 23.6 Å². The third-order valence-electron chi connectivity index (χ3n) is 3.99. The van der Waals surface area contributed by atoms with Crippen molar-refractivity contribution in [2.24, 2.45) is 0 Å². The molecular weight excluding hydrogens is 356 g/mol. The molecule has 0 aliphatic rings. The maximum absolute atomic E-state index is 12.4.